The van der Waals surface area contributed by atoms with Gasteiger partial charge in [0.25, 0.3) is 0 Å². The van der Waals surface area contributed by atoms with Crippen molar-refractivity contribution >= 4 is 20.6 Å². The minimum Gasteiger partial charge on any atom is -0.492 e. The van der Waals surface area contributed by atoms with Crippen LogP contribution in [0.4, 0.5) is 0 Å². The Bertz CT molecular complexity index is 1850. The summed E-state index contributed by atoms with van der Waals surface area (Å²) in [5.41, 5.74) is 2.78. The van der Waals surface area contributed by atoms with Crippen LogP contribution in [0.1, 0.15) is 12.5 Å². The average molecular weight is 669 g/mol. The standard InChI is InChI=1S/C39H44N2O6S/c1-4-41(23-26-44-25-22-40-2)24-27-45-33-13-15-34(16-14-33)47-39-37(31-10-18-36(19-11-31)48(3,42)43)20-12-32-28-35(17-21-38(32)39)46-29-30-8-6-5-7-9-30/h5-21,28,40H,4,22-27,29H2,1-3H3. The topological polar surface area (TPSA) is 86.3 Å². The Hall–Kier alpha value is -4.41. The van der Waals surface area contributed by atoms with Crippen LogP contribution < -0.4 is 19.5 Å². The molecule has 5 aromatic carbocycles. The van der Waals surface area contributed by atoms with Crippen LogP contribution in [0.2, 0.25) is 0 Å². The summed E-state index contributed by atoms with van der Waals surface area (Å²) in [5, 5.41) is 4.95. The molecule has 9 heteroatoms. The SMILES string of the molecule is CCN(CCOCCNC)CCOc1ccc(Oc2c(-c3ccc(S(C)(=O)=O)cc3)ccc3cc(OCc4ccccc4)ccc23)cc1. The van der Waals surface area contributed by atoms with Crippen molar-refractivity contribution in [1.29, 1.82) is 0 Å². The van der Waals surface area contributed by atoms with E-state index in [0.29, 0.717) is 37.9 Å². The van der Waals surface area contributed by atoms with Gasteiger partial charge in [-0.3, -0.25) is 4.90 Å². The Morgan fingerprint density at radius 2 is 1.44 bits per heavy atom. The second-order valence-corrected chi connectivity index (χ2v) is 13.5. The number of sulfone groups is 1. The third kappa shape index (κ3) is 9.81. The summed E-state index contributed by atoms with van der Waals surface area (Å²) in [6.45, 7) is 8.02. The Balaban J connectivity index is 1.32. The van der Waals surface area contributed by atoms with Crippen LogP contribution in [0.3, 0.4) is 0 Å². The molecule has 1 N–H and O–H groups in total. The summed E-state index contributed by atoms with van der Waals surface area (Å²) in [6.07, 6.45) is 1.21. The lowest BCUT2D eigenvalue weighted by Gasteiger charge is -2.20. The molecule has 0 aliphatic carbocycles. The first kappa shape index (κ1) is 34.9. The summed E-state index contributed by atoms with van der Waals surface area (Å²) < 4.78 is 48.6. The maximum absolute atomic E-state index is 12.1. The highest BCUT2D eigenvalue weighted by atomic mass is 32.2. The lowest BCUT2D eigenvalue weighted by molar-refractivity contribution is 0.102. The minimum atomic E-state index is -3.32. The van der Waals surface area contributed by atoms with E-state index in [2.05, 4.69) is 17.1 Å². The van der Waals surface area contributed by atoms with Gasteiger partial charge in [0, 0.05) is 36.8 Å². The first-order chi connectivity index (χ1) is 23.3. The Morgan fingerprint density at radius 3 is 2.15 bits per heavy atom. The molecule has 0 aromatic heterocycles. The quantitative estimate of drug-likeness (QED) is 0.0981. The fraction of sp³-hybridized carbons (Fsp3) is 0.282. The van der Waals surface area contributed by atoms with Gasteiger partial charge >= 0.3 is 0 Å². The molecule has 0 atom stereocenters. The average Bonchev–Trinajstić information content (AvgIpc) is 3.10. The van der Waals surface area contributed by atoms with Gasteiger partial charge in [-0.1, -0.05) is 55.5 Å². The third-order valence-electron chi connectivity index (χ3n) is 8.00. The van der Waals surface area contributed by atoms with Crippen molar-refractivity contribution in [3.05, 3.63) is 115 Å². The number of hydrogen-bond donors (Lipinski definition) is 1. The molecule has 8 nitrogen and oxygen atoms in total. The molecule has 0 unspecified atom stereocenters. The summed E-state index contributed by atoms with van der Waals surface area (Å²) in [6, 6.07) is 34.5. The second-order valence-electron chi connectivity index (χ2n) is 11.5. The summed E-state index contributed by atoms with van der Waals surface area (Å²) in [7, 11) is -1.40. The molecule has 0 heterocycles. The monoisotopic (exact) mass is 668 g/mol. The van der Waals surface area contributed by atoms with Gasteiger partial charge in [-0.05, 0) is 90.8 Å². The fourth-order valence-corrected chi connectivity index (χ4v) is 5.87. The number of hydrogen-bond acceptors (Lipinski definition) is 8. The number of fused-ring (bicyclic) bond motifs is 1. The maximum Gasteiger partial charge on any atom is 0.175 e. The van der Waals surface area contributed by atoms with Crippen molar-refractivity contribution in [2.75, 3.05) is 59.3 Å². The van der Waals surface area contributed by atoms with E-state index in [1.54, 1.807) is 12.1 Å². The maximum atomic E-state index is 12.1. The molecule has 48 heavy (non-hydrogen) atoms. The van der Waals surface area contributed by atoms with Gasteiger partial charge < -0.3 is 24.3 Å². The lowest BCUT2D eigenvalue weighted by atomic mass is 9.99. The molecule has 0 aliphatic heterocycles. The number of benzene rings is 5. The van der Waals surface area contributed by atoms with Crippen LogP contribution >= 0.6 is 0 Å². The highest BCUT2D eigenvalue weighted by Gasteiger charge is 2.15. The zero-order chi connectivity index (χ0) is 33.8. The Kier molecular flexibility index (Phi) is 12.5. The molecule has 0 radical (unpaired) electrons. The molecule has 0 bridgehead atoms. The normalized spacial score (nSPS) is 11.6. The van der Waals surface area contributed by atoms with Crippen molar-refractivity contribution in [2.45, 2.75) is 18.4 Å². The van der Waals surface area contributed by atoms with E-state index in [4.69, 9.17) is 18.9 Å². The van der Waals surface area contributed by atoms with Crippen molar-refractivity contribution in [3.8, 4) is 34.1 Å². The number of nitrogens with one attached hydrogen (secondary N) is 1. The predicted molar refractivity (Wildman–Crippen MR) is 192 cm³/mol. The molecule has 0 amide bonds. The van der Waals surface area contributed by atoms with Gasteiger partial charge in [0.1, 0.15) is 36.2 Å². The highest BCUT2D eigenvalue weighted by Crippen LogP contribution is 2.41. The van der Waals surface area contributed by atoms with E-state index in [1.165, 1.54) is 6.26 Å². The molecule has 0 aliphatic rings. The van der Waals surface area contributed by atoms with Gasteiger partial charge in [0.15, 0.2) is 9.84 Å². The fourth-order valence-electron chi connectivity index (χ4n) is 5.24. The van der Waals surface area contributed by atoms with Gasteiger partial charge in [-0.15, -0.1) is 0 Å². The number of ether oxygens (including phenoxy) is 4. The molecule has 0 fully saturated rings. The third-order valence-corrected chi connectivity index (χ3v) is 9.13. The molecule has 0 saturated carbocycles. The molecular weight excluding hydrogens is 625 g/mol. The van der Waals surface area contributed by atoms with Crippen LogP contribution in [-0.4, -0.2) is 72.6 Å². The summed E-state index contributed by atoms with van der Waals surface area (Å²) >= 11 is 0. The minimum absolute atomic E-state index is 0.269. The highest BCUT2D eigenvalue weighted by molar-refractivity contribution is 7.90. The molecular formula is C39H44N2O6S. The molecule has 5 rings (SSSR count). The van der Waals surface area contributed by atoms with E-state index < -0.39 is 9.84 Å². The second kappa shape index (κ2) is 17.1. The van der Waals surface area contributed by atoms with E-state index in [0.717, 1.165) is 65.1 Å². The lowest BCUT2D eigenvalue weighted by Crippen LogP contribution is -2.32. The van der Waals surface area contributed by atoms with Crippen molar-refractivity contribution in [3.63, 3.8) is 0 Å². The van der Waals surface area contributed by atoms with E-state index in [-0.39, 0.29) is 4.90 Å². The van der Waals surface area contributed by atoms with Gasteiger partial charge in [-0.2, -0.15) is 0 Å². The van der Waals surface area contributed by atoms with Crippen LogP contribution in [0.15, 0.2) is 114 Å². The van der Waals surface area contributed by atoms with Crippen molar-refractivity contribution in [2.24, 2.45) is 0 Å². The van der Waals surface area contributed by atoms with Gasteiger partial charge in [-0.25, -0.2) is 8.42 Å². The van der Waals surface area contributed by atoms with Crippen molar-refractivity contribution in [1.82, 2.24) is 10.2 Å². The molecule has 252 valence electrons. The van der Waals surface area contributed by atoms with Gasteiger partial charge in [0.2, 0.25) is 0 Å². The molecule has 0 spiro atoms. The van der Waals surface area contributed by atoms with Crippen molar-refractivity contribution < 1.29 is 27.4 Å². The van der Waals surface area contributed by atoms with Crippen LogP contribution in [-0.2, 0) is 21.2 Å². The van der Waals surface area contributed by atoms with E-state index in [1.807, 2.05) is 104 Å². The zero-order valence-electron chi connectivity index (χ0n) is 27.9. The van der Waals surface area contributed by atoms with E-state index >= 15 is 0 Å². The first-order valence-electron chi connectivity index (χ1n) is 16.2. The van der Waals surface area contributed by atoms with Crippen LogP contribution in [0, 0.1) is 0 Å². The first-order valence-corrected chi connectivity index (χ1v) is 18.1. The summed E-state index contributed by atoms with van der Waals surface area (Å²) in [4.78, 5) is 2.57. The molecule has 5 aromatic rings. The summed E-state index contributed by atoms with van der Waals surface area (Å²) in [5.74, 6) is 2.84. The number of rotatable bonds is 18. The van der Waals surface area contributed by atoms with Gasteiger partial charge in [0.05, 0.1) is 18.1 Å². The Labute approximate surface area is 284 Å². The smallest absolute Gasteiger partial charge is 0.175 e. The van der Waals surface area contributed by atoms with Crippen LogP contribution in [0.5, 0.6) is 23.0 Å². The Morgan fingerprint density at radius 1 is 0.729 bits per heavy atom. The number of likely N-dealkylation sites (N-methyl/N-ethyl adjacent to an activating group) is 2. The van der Waals surface area contributed by atoms with Crippen LogP contribution in [0.25, 0.3) is 21.9 Å². The molecule has 0 saturated heterocycles. The number of nitrogens with zero attached hydrogens (tertiary/aromatic N) is 1. The zero-order valence-corrected chi connectivity index (χ0v) is 28.7. The van der Waals surface area contributed by atoms with E-state index in [9.17, 15) is 8.42 Å². The largest absolute Gasteiger partial charge is 0.492 e. The predicted octanol–water partition coefficient (Wildman–Crippen LogP) is 7.22.